The molecule has 0 atom stereocenters. The maximum atomic E-state index is 13.0. The lowest BCUT2D eigenvalue weighted by atomic mass is 10.1. The summed E-state index contributed by atoms with van der Waals surface area (Å²) in [6.07, 6.45) is -1.71. The monoisotopic (exact) mass is 500 g/mol. The van der Waals surface area contributed by atoms with Crippen LogP contribution in [0.25, 0.3) is 0 Å². The maximum Gasteiger partial charge on any atom is 0.435 e. The van der Waals surface area contributed by atoms with Gasteiger partial charge < -0.3 is 15.2 Å². The van der Waals surface area contributed by atoms with E-state index in [1.54, 1.807) is 7.05 Å². The van der Waals surface area contributed by atoms with E-state index in [9.17, 15) is 13.2 Å². The quantitative estimate of drug-likeness (QED) is 0.362. The van der Waals surface area contributed by atoms with Crippen LogP contribution in [-0.4, -0.2) is 27.9 Å². The molecule has 0 saturated carbocycles. The second-order valence-corrected chi connectivity index (χ2v) is 5.69. The first-order chi connectivity index (χ1) is 12.3. The van der Waals surface area contributed by atoms with Gasteiger partial charge in [-0.25, -0.2) is 0 Å². The van der Waals surface area contributed by atoms with Gasteiger partial charge in [-0.15, -0.1) is 24.0 Å². The first-order valence-electron chi connectivity index (χ1n) is 8.30. The molecule has 0 saturated heterocycles. The van der Waals surface area contributed by atoms with Crippen molar-refractivity contribution in [3.8, 4) is 0 Å². The number of rotatable bonds is 6. The van der Waals surface area contributed by atoms with Gasteiger partial charge in [0.05, 0.1) is 5.69 Å². The van der Waals surface area contributed by atoms with E-state index < -0.39 is 11.9 Å². The molecule has 0 aliphatic carbocycles. The van der Waals surface area contributed by atoms with Crippen molar-refractivity contribution in [2.45, 2.75) is 46.0 Å². The molecule has 2 aromatic rings. The highest BCUT2D eigenvalue weighted by atomic mass is 127. The molecule has 0 aromatic carbocycles. The lowest BCUT2D eigenvalue weighted by Crippen LogP contribution is -2.37. The van der Waals surface area contributed by atoms with Crippen LogP contribution in [0.15, 0.2) is 15.7 Å². The lowest BCUT2D eigenvalue weighted by Gasteiger charge is -2.12. The molecule has 2 rings (SSSR count). The summed E-state index contributed by atoms with van der Waals surface area (Å²) >= 11 is 0. The highest BCUT2D eigenvalue weighted by Crippen LogP contribution is 2.30. The summed E-state index contributed by atoms with van der Waals surface area (Å²) in [6, 6.07) is 0. The van der Waals surface area contributed by atoms with E-state index in [0.717, 1.165) is 28.1 Å². The molecule has 0 spiro atoms. The number of aryl methyl sites for hydroxylation is 3. The van der Waals surface area contributed by atoms with Crippen LogP contribution in [0.5, 0.6) is 0 Å². The minimum absolute atomic E-state index is 0. The molecule has 0 fully saturated rings. The highest BCUT2D eigenvalue weighted by molar-refractivity contribution is 14.0. The smallest absolute Gasteiger partial charge is 0.361 e. The molecule has 2 aromatic heterocycles. The average Bonchev–Trinajstić information content (AvgIpc) is 3.17. The Morgan fingerprint density at radius 2 is 1.89 bits per heavy atom. The second kappa shape index (κ2) is 9.95. The van der Waals surface area contributed by atoms with Crippen LogP contribution in [0, 0.1) is 0 Å². The summed E-state index contributed by atoms with van der Waals surface area (Å²) in [6.45, 7) is 4.33. The maximum absolute atomic E-state index is 13.0. The van der Waals surface area contributed by atoms with Crippen molar-refractivity contribution >= 4 is 29.9 Å². The van der Waals surface area contributed by atoms with Gasteiger partial charge in [-0.2, -0.15) is 18.3 Å². The van der Waals surface area contributed by atoms with Gasteiger partial charge in [0.2, 0.25) is 0 Å². The summed E-state index contributed by atoms with van der Waals surface area (Å²) in [5.74, 6) is 1.17. The lowest BCUT2D eigenvalue weighted by molar-refractivity contribution is -0.142. The predicted molar refractivity (Wildman–Crippen MR) is 106 cm³/mol. The number of nitrogens with zero attached hydrogens (tertiary/aromatic N) is 4. The van der Waals surface area contributed by atoms with Gasteiger partial charge >= 0.3 is 6.18 Å². The van der Waals surface area contributed by atoms with E-state index in [1.807, 2.05) is 13.8 Å². The Morgan fingerprint density at radius 1 is 1.22 bits per heavy atom. The third-order valence-corrected chi connectivity index (χ3v) is 3.88. The van der Waals surface area contributed by atoms with Crippen LogP contribution in [0.2, 0.25) is 0 Å². The van der Waals surface area contributed by atoms with Crippen LogP contribution in [0.3, 0.4) is 0 Å². The molecule has 0 amide bonds. The van der Waals surface area contributed by atoms with Crippen LogP contribution in [0.4, 0.5) is 13.2 Å². The Labute approximate surface area is 172 Å². The van der Waals surface area contributed by atoms with Crippen LogP contribution in [0.1, 0.15) is 42.1 Å². The molecular weight excluding hydrogens is 476 g/mol. The van der Waals surface area contributed by atoms with Gasteiger partial charge in [0.15, 0.2) is 11.7 Å². The fraction of sp³-hybridized carbons (Fsp3) is 0.562. The molecule has 11 heteroatoms. The second-order valence-electron chi connectivity index (χ2n) is 5.69. The minimum atomic E-state index is -4.50. The van der Waals surface area contributed by atoms with Gasteiger partial charge in [-0.3, -0.25) is 9.67 Å². The molecule has 27 heavy (non-hydrogen) atoms. The summed E-state index contributed by atoms with van der Waals surface area (Å²) < 4.78 is 45.5. The van der Waals surface area contributed by atoms with Gasteiger partial charge in [0, 0.05) is 50.9 Å². The number of hydrogen-bond donors (Lipinski definition) is 2. The first kappa shape index (κ1) is 23.2. The summed E-state index contributed by atoms with van der Waals surface area (Å²) in [5.41, 5.74) is 0.965. The molecule has 152 valence electrons. The summed E-state index contributed by atoms with van der Waals surface area (Å²) in [5, 5.41) is 13.5. The molecule has 0 unspecified atom stereocenters. The van der Waals surface area contributed by atoms with Gasteiger partial charge in [0.1, 0.15) is 5.76 Å². The van der Waals surface area contributed by atoms with Gasteiger partial charge in [0.25, 0.3) is 0 Å². The third-order valence-electron chi connectivity index (χ3n) is 3.88. The molecule has 0 bridgehead atoms. The van der Waals surface area contributed by atoms with E-state index >= 15 is 0 Å². The standard InChI is InChI=1S/C16H23F3N6O.HI/c1-5-12-11(13(6-2)26-24-12)8-22-15(20-3)21-7-10-9-25(4)23-14(10)16(17,18)19;/h9H,5-8H2,1-4H3,(H2,20,21,22);1H. The summed E-state index contributed by atoms with van der Waals surface area (Å²) in [4.78, 5) is 4.05. The number of aromatic nitrogens is 3. The number of halogens is 4. The molecule has 7 nitrogen and oxygen atoms in total. The van der Waals surface area contributed by atoms with Crippen LogP contribution < -0.4 is 10.6 Å². The Bertz CT molecular complexity index is 747. The van der Waals surface area contributed by atoms with Gasteiger partial charge in [-0.05, 0) is 6.42 Å². The SMILES string of the molecule is CCc1noc(CC)c1CNC(=NC)NCc1cn(C)nc1C(F)(F)F.I. The molecule has 0 radical (unpaired) electrons. The van der Waals surface area contributed by atoms with Crippen LogP contribution >= 0.6 is 24.0 Å². The largest absolute Gasteiger partial charge is 0.435 e. The zero-order valence-electron chi connectivity index (χ0n) is 15.6. The summed E-state index contributed by atoms with van der Waals surface area (Å²) in [7, 11) is 3.01. The zero-order valence-corrected chi connectivity index (χ0v) is 18.0. The molecule has 0 aliphatic rings. The van der Waals surface area contributed by atoms with Crippen molar-refractivity contribution in [3.63, 3.8) is 0 Å². The fourth-order valence-electron chi connectivity index (χ4n) is 2.62. The van der Waals surface area contributed by atoms with E-state index in [1.165, 1.54) is 13.2 Å². The number of guanidine groups is 1. The van der Waals surface area contributed by atoms with Crippen molar-refractivity contribution in [2.24, 2.45) is 12.0 Å². The Morgan fingerprint density at radius 3 is 2.44 bits per heavy atom. The molecule has 2 heterocycles. The number of nitrogens with one attached hydrogen (secondary N) is 2. The minimum Gasteiger partial charge on any atom is -0.361 e. The number of alkyl halides is 3. The number of aliphatic imine (C=N–C) groups is 1. The molecule has 0 aliphatic heterocycles. The average molecular weight is 500 g/mol. The van der Waals surface area contributed by atoms with E-state index in [0.29, 0.717) is 18.9 Å². The van der Waals surface area contributed by atoms with E-state index in [-0.39, 0.29) is 36.1 Å². The number of hydrogen-bond acceptors (Lipinski definition) is 4. The zero-order chi connectivity index (χ0) is 19.3. The van der Waals surface area contributed by atoms with Crippen molar-refractivity contribution in [1.29, 1.82) is 0 Å². The normalized spacial score (nSPS) is 12.0. The van der Waals surface area contributed by atoms with Crippen molar-refractivity contribution < 1.29 is 17.7 Å². The Hall–Kier alpha value is -1.79. The van der Waals surface area contributed by atoms with E-state index in [4.69, 9.17) is 4.52 Å². The fourth-order valence-corrected chi connectivity index (χ4v) is 2.62. The molecular formula is C16H24F3IN6O. The van der Waals surface area contributed by atoms with Crippen LogP contribution in [-0.2, 0) is 39.2 Å². The first-order valence-corrected chi connectivity index (χ1v) is 8.30. The topological polar surface area (TPSA) is 80.3 Å². The van der Waals surface area contributed by atoms with Crippen molar-refractivity contribution in [3.05, 3.63) is 34.5 Å². The highest BCUT2D eigenvalue weighted by Gasteiger charge is 2.36. The van der Waals surface area contributed by atoms with Crippen molar-refractivity contribution in [2.75, 3.05) is 7.05 Å². The molecule has 2 N–H and O–H groups in total. The Kier molecular flexibility index (Phi) is 8.57. The van der Waals surface area contributed by atoms with Gasteiger partial charge in [-0.1, -0.05) is 19.0 Å². The van der Waals surface area contributed by atoms with E-state index in [2.05, 4.69) is 25.9 Å². The predicted octanol–water partition coefficient (Wildman–Crippen LogP) is 3.03. The van der Waals surface area contributed by atoms with Crippen molar-refractivity contribution in [1.82, 2.24) is 25.6 Å². The Balaban J connectivity index is 0.00000364. The third kappa shape index (κ3) is 5.84.